The molecule has 1 aromatic heterocycles. The lowest BCUT2D eigenvalue weighted by Crippen LogP contribution is -2.38. The molecule has 0 aliphatic carbocycles. The first-order valence-electron chi connectivity index (χ1n) is 8.67. The molecule has 2 aromatic rings. The molecule has 4 nitrogen and oxygen atoms in total. The molecule has 0 spiro atoms. The summed E-state index contributed by atoms with van der Waals surface area (Å²) < 4.78 is 0. The number of hydrogen-bond acceptors (Lipinski definition) is 4. The van der Waals surface area contributed by atoms with E-state index in [1.807, 2.05) is 18.2 Å². The Morgan fingerprint density at radius 2 is 1.83 bits per heavy atom. The highest BCUT2D eigenvalue weighted by Crippen LogP contribution is 2.29. The number of likely N-dealkylation sites (tertiary alicyclic amines) is 1. The second kappa shape index (κ2) is 6.62. The van der Waals surface area contributed by atoms with E-state index in [0.29, 0.717) is 0 Å². The quantitative estimate of drug-likeness (QED) is 0.860. The summed E-state index contributed by atoms with van der Waals surface area (Å²) in [4.78, 5) is 14.0. The number of anilines is 1. The highest BCUT2D eigenvalue weighted by Gasteiger charge is 2.24. The Morgan fingerprint density at radius 1 is 1.04 bits per heavy atom. The fraction of sp³-hybridized carbons (Fsp3) is 0.556. The Hall–Kier alpha value is -1.39. The van der Waals surface area contributed by atoms with Crippen LogP contribution in [0.15, 0.2) is 24.5 Å². The van der Waals surface area contributed by atoms with Crippen LogP contribution in [0.4, 0.5) is 5.82 Å². The molecule has 2 saturated heterocycles. The molecule has 23 heavy (non-hydrogen) atoms. The second-order valence-corrected chi connectivity index (χ2v) is 7.23. The van der Waals surface area contributed by atoms with Crippen LogP contribution >= 0.6 is 11.6 Å². The van der Waals surface area contributed by atoms with Gasteiger partial charge in [-0.1, -0.05) is 11.6 Å². The van der Waals surface area contributed by atoms with Crippen molar-refractivity contribution in [2.24, 2.45) is 5.92 Å². The molecule has 4 rings (SSSR count). The van der Waals surface area contributed by atoms with Crippen molar-refractivity contribution in [1.29, 1.82) is 0 Å². The highest BCUT2D eigenvalue weighted by atomic mass is 35.5. The number of rotatable bonds is 3. The molecule has 0 amide bonds. The van der Waals surface area contributed by atoms with Crippen LogP contribution in [0.1, 0.15) is 25.7 Å². The number of aromatic nitrogens is 2. The predicted molar refractivity (Wildman–Crippen MR) is 95.2 cm³/mol. The van der Waals surface area contributed by atoms with Gasteiger partial charge in [-0.3, -0.25) is 0 Å². The summed E-state index contributed by atoms with van der Waals surface area (Å²) in [5.74, 6) is 1.90. The van der Waals surface area contributed by atoms with Gasteiger partial charge in [-0.15, -0.1) is 0 Å². The maximum Gasteiger partial charge on any atom is 0.139 e. The van der Waals surface area contributed by atoms with E-state index in [1.54, 1.807) is 6.33 Å². The molecule has 0 atom stereocenters. The van der Waals surface area contributed by atoms with E-state index < -0.39 is 0 Å². The summed E-state index contributed by atoms with van der Waals surface area (Å²) in [7, 11) is 0. The van der Waals surface area contributed by atoms with Gasteiger partial charge in [-0.05, 0) is 62.9 Å². The molecule has 0 saturated carbocycles. The summed E-state index contributed by atoms with van der Waals surface area (Å²) in [5, 5.41) is 1.83. The van der Waals surface area contributed by atoms with Crippen LogP contribution in [-0.4, -0.2) is 47.6 Å². The van der Waals surface area contributed by atoms with Crippen LogP contribution < -0.4 is 4.90 Å². The van der Waals surface area contributed by atoms with E-state index >= 15 is 0 Å². The van der Waals surface area contributed by atoms with Crippen molar-refractivity contribution in [1.82, 2.24) is 14.9 Å². The number of hydrogen-bond donors (Lipinski definition) is 0. The van der Waals surface area contributed by atoms with Crippen LogP contribution in [0, 0.1) is 5.92 Å². The van der Waals surface area contributed by atoms with Gasteiger partial charge in [0.15, 0.2) is 0 Å². The SMILES string of the molecule is Clc1ccc2c(N3CCC(CN4CCCC4)CC3)ncnc2c1. The van der Waals surface area contributed by atoms with Crippen molar-refractivity contribution in [2.45, 2.75) is 25.7 Å². The summed E-state index contributed by atoms with van der Waals surface area (Å²) >= 11 is 6.08. The lowest BCUT2D eigenvalue weighted by molar-refractivity contribution is 0.249. The standard InChI is InChI=1S/C18H23ClN4/c19-15-3-4-16-17(11-15)20-13-21-18(16)23-9-5-14(6-10-23)12-22-7-1-2-8-22/h3-4,11,13-14H,1-2,5-10,12H2. The zero-order valence-electron chi connectivity index (χ0n) is 13.4. The number of halogens is 1. The van der Waals surface area contributed by atoms with Gasteiger partial charge in [0, 0.05) is 30.0 Å². The monoisotopic (exact) mass is 330 g/mol. The smallest absolute Gasteiger partial charge is 0.139 e. The van der Waals surface area contributed by atoms with Crippen LogP contribution in [0.3, 0.4) is 0 Å². The van der Waals surface area contributed by atoms with E-state index in [0.717, 1.165) is 40.8 Å². The van der Waals surface area contributed by atoms with Gasteiger partial charge in [-0.25, -0.2) is 9.97 Å². The summed E-state index contributed by atoms with van der Waals surface area (Å²) in [5.41, 5.74) is 0.932. The van der Waals surface area contributed by atoms with Crippen LogP contribution in [-0.2, 0) is 0 Å². The van der Waals surface area contributed by atoms with E-state index in [1.165, 1.54) is 45.3 Å². The Bertz CT molecular complexity index is 676. The van der Waals surface area contributed by atoms with E-state index in [4.69, 9.17) is 11.6 Å². The molecule has 2 aliphatic heterocycles. The van der Waals surface area contributed by atoms with Crippen molar-refractivity contribution >= 4 is 28.3 Å². The van der Waals surface area contributed by atoms with Gasteiger partial charge < -0.3 is 9.80 Å². The minimum absolute atomic E-state index is 0.728. The maximum atomic E-state index is 6.08. The Balaban J connectivity index is 1.46. The molecule has 0 unspecified atom stereocenters. The van der Waals surface area contributed by atoms with Gasteiger partial charge in [0.2, 0.25) is 0 Å². The average Bonchev–Trinajstić information content (AvgIpc) is 3.08. The van der Waals surface area contributed by atoms with E-state index in [2.05, 4.69) is 19.8 Å². The van der Waals surface area contributed by atoms with Crippen molar-refractivity contribution in [2.75, 3.05) is 37.6 Å². The lowest BCUT2D eigenvalue weighted by Gasteiger charge is -2.34. The van der Waals surface area contributed by atoms with Gasteiger partial charge in [-0.2, -0.15) is 0 Å². The molecule has 122 valence electrons. The van der Waals surface area contributed by atoms with Crippen molar-refractivity contribution in [3.05, 3.63) is 29.5 Å². The van der Waals surface area contributed by atoms with Crippen molar-refractivity contribution in [3.8, 4) is 0 Å². The molecule has 3 heterocycles. The maximum absolute atomic E-state index is 6.08. The molecular weight excluding hydrogens is 308 g/mol. The predicted octanol–water partition coefficient (Wildman–Crippen LogP) is 3.60. The fourth-order valence-electron chi connectivity index (χ4n) is 3.93. The summed E-state index contributed by atoms with van der Waals surface area (Å²) in [6, 6.07) is 5.89. The Labute approximate surface area is 142 Å². The average molecular weight is 331 g/mol. The minimum atomic E-state index is 0.728. The van der Waals surface area contributed by atoms with Gasteiger partial charge >= 0.3 is 0 Å². The second-order valence-electron chi connectivity index (χ2n) is 6.80. The third-order valence-electron chi connectivity index (χ3n) is 5.21. The number of piperidine rings is 1. The minimum Gasteiger partial charge on any atom is -0.356 e. The first-order valence-corrected chi connectivity index (χ1v) is 9.05. The molecular formula is C18H23ClN4. The summed E-state index contributed by atoms with van der Waals surface area (Å²) in [6.07, 6.45) is 6.94. The van der Waals surface area contributed by atoms with Crippen molar-refractivity contribution in [3.63, 3.8) is 0 Å². The molecule has 2 fully saturated rings. The molecule has 5 heteroatoms. The first kappa shape index (κ1) is 15.2. The van der Waals surface area contributed by atoms with Gasteiger partial charge in [0.25, 0.3) is 0 Å². The zero-order chi connectivity index (χ0) is 15.6. The zero-order valence-corrected chi connectivity index (χ0v) is 14.2. The fourth-order valence-corrected chi connectivity index (χ4v) is 4.09. The Kier molecular flexibility index (Phi) is 4.36. The van der Waals surface area contributed by atoms with Crippen LogP contribution in [0.5, 0.6) is 0 Å². The van der Waals surface area contributed by atoms with E-state index in [-0.39, 0.29) is 0 Å². The largest absolute Gasteiger partial charge is 0.356 e. The van der Waals surface area contributed by atoms with Gasteiger partial charge in [0.05, 0.1) is 5.52 Å². The highest BCUT2D eigenvalue weighted by molar-refractivity contribution is 6.31. The van der Waals surface area contributed by atoms with Crippen LogP contribution in [0.25, 0.3) is 10.9 Å². The van der Waals surface area contributed by atoms with Gasteiger partial charge in [0.1, 0.15) is 12.1 Å². The molecule has 0 bridgehead atoms. The Morgan fingerprint density at radius 3 is 2.61 bits per heavy atom. The molecule has 1 aromatic carbocycles. The number of nitrogens with zero attached hydrogens (tertiary/aromatic N) is 4. The molecule has 0 N–H and O–H groups in total. The topological polar surface area (TPSA) is 32.3 Å². The summed E-state index contributed by atoms with van der Waals surface area (Å²) in [6.45, 7) is 6.07. The molecule has 2 aliphatic rings. The third kappa shape index (κ3) is 3.29. The van der Waals surface area contributed by atoms with E-state index in [9.17, 15) is 0 Å². The third-order valence-corrected chi connectivity index (χ3v) is 5.44. The number of benzene rings is 1. The first-order chi connectivity index (χ1) is 11.3. The molecule has 0 radical (unpaired) electrons. The normalized spacial score (nSPS) is 20.5. The van der Waals surface area contributed by atoms with Crippen molar-refractivity contribution < 1.29 is 0 Å². The lowest BCUT2D eigenvalue weighted by atomic mass is 9.96. The van der Waals surface area contributed by atoms with Crippen LogP contribution in [0.2, 0.25) is 5.02 Å². The number of fused-ring (bicyclic) bond motifs is 1.